The van der Waals surface area contributed by atoms with Gasteiger partial charge in [-0.2, -0.15) is 0 Å². The smallest absolute Gasteiger partial charge is 0.258 e. The lowest BCUT2D eigenvalue weighted by molar-refractivity contribution is 0.102. The second kappa shape index (κ2) is 8.01. The maximum absolute atomic E-state index is 14.8. The van der Waals surface area contributed by atoms with E-state index >= 15 is 0 Å². The van der Waals surface area contributed by atoms with Gasteiger partial charge in [-0.15, -0.1) is 0 Å². The predicted octanol–water partition coefficient (Wildman–Crippen LogP) is 5.29. The summed E-state index contributed by atoms with van der Waals surface area (Å²) in [6.07, 6.45) is 0. The molecule has 2 N–H and O–H groups in total. The lowest BCUT2D eigenvalue weighted by atomic mass is 10.1. The summed E-state index contributed by atoms with van der Waals surface area (Å²) in [5.74, 6) is -2.15. The highest BCUT2D eigenvalue weighted by molar-refractivity contribution is 6.30. The quantitative estimate of drug-likeness (QED) is 0.644. The number of carbonyl (C=O) groups is 2. The first-order valence-electron chi connectivity index (χ1n) is 8.18. The highest BCUT2D eigenvalue weighted by atomic mass is 35.5. The Bertz CT molecular complexity index is 1000. The largest absolute Gasteiger partial charge is 0.322 e. The third kappa shape index (κ3) is 4.33. The number of hydrogen-bond donors (Lipinski definition) is 2. The Hall–Kier alpha value is -3.18. The Kier molecular flexibility index (Phi) is 5.52. The molecule has 0 spiro atoms. The van der Waals surface area contributed by atoms with Crippen molar-refractivity contribution in [1.29, 1.82) is 0 Å². The van der Waals surface area contributed by atoms with Crippen LogP contribution >= 0.6 is 11.6 Å². The zero-order chi connectivity index (χ0) is 19.4. The second-order valence-electron chi connectivity index (χ2n) is 5.90. The molecule has 0 aliphatic rings. The van der Waals surface area contributed by atoms with Gasteiger partial charge >= 0.3 is 0 Å². The van der Waals surface area contributed by atoms with Crippen LogP contribution in [0.15, 0.2) is 66.7 Å². The summed E-state index contributed by atoms with van der Waals surface area (Å²) in [5.41, 5.74) is 1.48. The minimum absolute atomic E-state index is 0.206. The van der Waals surface area contributed by atoms with E-state index in [-0.39, 0.29) is 11.1 Å². The number of anilines is 2. The van der Waals surface area contributed by atoms with E-state index in [1.165, 1.54) is 18.2 Å². The Morgan fingerprint density at radius 1 is 0.815 bits per heavy atom. The fourth-order valence-electron chi connectivity index (χ4n) is 2.52. The molecule has 0 fully saturated rings. The summed E-state index contributed by atoms with van der Waals surface area (Å²) < 4.78 is 14.8. The van der Waals surface area contributed by atoms with Crippen LogP contribution in [0, 0.1) is 12.7 Å². The Morgan fingerprint density at radius 3 is 2.04 bits per heavy atom. The molecule has 4 nitrogen and oxygen atoms in total. The van der Waals surface area contributed by atoms with Crippen molar-refractivity contribution in [2.75, 3.05) is 10.6 Å². The van der Waals surface area contributed by atoms with Crippen molar-refractivity contribution in [2.24, 2.45) is 0 Å². The number of hydrogen-bond acceptors (Lipinski definition) is 2. The van der Waals surface area contributed by atoms with Crippen molar-refractivity contribution in [1.82, 2.24) is 0 Å². The molecule has 0 aliphatic carbocycles. The topological polar surface area (TPSA) is 58.2 Å². The Morgan fingerprint density at radius 2 is 1.41 bits per heavy atom. The van der Waals surface area contributed by atoms with Crippen LogP contribution in [0.4, 0.5) is 15.8 Å². The molecule has 0 atom stereocenters. The summed E-state index contributed by atoms with van der Waals surface area (Å²) in [4.78, 5) is 24.9. The number of carbonyl (C=O) groups excluding carboxylic acids is 2. The van der Waals surface area contributed by atoms with Gasteiger partial charge in [0, 0.05) is 16.4 Å². The molecule has 3 aromatic rings. The number of nitrogens with one attached hydrogen (secondary N) is 2. The molecule has 0 saturated carbocycles. The average Bonchev–Trinajstić information content (AvgIpc) is 2.65. The molecule has 0 radical (unpaired) electrons. The van der Waals surface area contributed by atoms with Gasteiger partial charge in [-0.05, 0) is 55.0 Å². The van der Waals surface area contributed by atoms with Gasteiger partial charge in [0.1, 0.15) is 5.82 Å². The van der Waals surface area contributed by atoms with Gasteiger partial charge in [0.15, 0.2) is 0 Å². The van der Waals surface area contributed by atoms with E-state index in [0.29, 0.717) is 16.4 Å². The first kappa shape index (κ1) is 18.6. The number of aryl methyl sites for hydroxylation is 1. The number of para-hydroxylation sites is 1. The maximum atomic E-state index is 14.8. The molecule has 0 aliphatic heterocycles. The Balaban J connectivity index is 1.82. The van der Waals surface area contributed by atoms with Crippen LogP contribution in [-0.4, -0.2) is 11.8 Å². The highest BCUT2D eigenvalue weighted by Gasteiger charge is 2.19. The third-order valence-corrected chi connectivity index (χ3v) is 4.24. The summed E-state index contributed by atoms with van der Waals surface area (Å²) in [6.45, 7) is 1.84. The minimum Gasteiger partial charge on any atom is -0.322 e. The van der Waals surface area contributed by atoms with Crippen LogP contribution in [-0.2, 0) is 0 Å². The highest BCUT2D eigenvalue weighted by Crippen LogP contribution is 2.20. The molecule has 0 bridgehead atoms. The molecule has 0 heterocycles. The lowest BCUT2D eigenvalue weighted by Crippen LogP contribution is -2.19. The molecular formula is C21H16ClFN2O2. The predicted molar refractivity (Wildman–Crippen MR) is 105 cm³/mol. The van der Waals surface area contributed by atoms with E-state index in [0.717, 1.165) is 5.56 Å². The van der Waals surface area contributed by atoms with Crippen molar-refractivity contribution >= 4 is 34.8 Å². The summed E-state index contributed by atoms with van der Waals surface area (Å²) >= 11 is 5.81. The van der Waals surface area contributed by atoms with Crippen molar-refractivity contribution in [3.8, 4) is 0 Å². The van der Waals surface area contributed by atoms with E-state index in [2.05, 4.69) is 10.6 Å². The molecule has 3 aromatic carbocycles. The van der Waals surface area contributed by atoms with E-state index in [9.17, 15) is 14.0 Å². The zero-order valence-corrected chi connectivity index (χ0v) is 15.2. The molecule has 136 valence electrons. The van der Waals surface area contributed by atoms with Crippen LogP contribution in [0.2, 0.25) is 5.02 Å². The van der Waals surface area contributed by atoms with Crippen LogP contribution in [0.3, 0.4) is 0 Å². The van der Waals surface area contributed by atoms with Crippen molar-refractivity contribution < 1.29 is 14.0 Å². The first-order valence-corrected chi connectivity index (χ1v) is 8.56. The number of amides is 2. The molecule has 0 aromatic heterocycles. The SMILES string of the molecule is Cc1ccccc1NC(=O)c1cccc(C(=O)Nc2ccc(Cl)cc2)c1F. The van der Waals surface area contributed by atoms with E-state index in [1.807, 2.05) is 19.1 Å². The van der Waals surface area contributed by atoms with Crippen molar-refractivity contribution in [3.63, 3.8) is 0 Å². The van der Waals surface area contributed by atoms with Crippen LogP contribution in [0.5, 0.6) is 0 Å². The standard InChI is InChI=1S/C21H16ClFN2O2/c1-13-5-2-3-8-18(13)25-21(27)17-7-4-6-16(19(17)23)20(26)24-15-11-9-14(22)10-12-15/h2-12H,1H3,(H,24,26)(H,25,27). The molecular weight excluding hydrogens is 367 g/mol. The van der Waals surface area contributed by atoms with Crippen LogP contribution in [0.25, 0.3) is 0 Å². The fraction of sp³-hybridized carbons (Fsp3) is 0.0476. The van der Waals surface area contributed by atoms with Crippen LogP contribution < -0.4 is 10.6 Å². The van der Waals surface area contributed by atoms with Crippen LogP contribution in [0.1, 0.15) is 26.3 Å². The van der Waals surface area contributed by atoms with Gasteiger partial charge in [-0.3, -0.25) is 9.59 Å². The number of halogens is 2. The molecule has 2 amide bonds. The van der Waals surface area contributed by atoms with E-state index < -0.39 is 17.6 Å². The lowest BCUT2D eigenvalue weighted by Gasteiger charge is -2.11. The van der Waals surface area contributed by atoms with Gasteiger partial charge < -0.3 is 10.6 Å². The van der Waals surface area contributed by atoms with Gasteiger partial charge in [-0.25, -0.2) is 4.39 Å². The number of benzene rings is 3. The minimum atomic E-state index is -0.880. The average molecular weight is 383 g/mol. The van der Waals surface area contributed by atoms with Crippen molar-refractivity contribution in [3.05, 3.63) is 94.3 Å². The monoisotopic (exact) mass is 382 g/mol. The molecule has 0 unspecified atom stereocenters. The second-order valence-corrected chi connectivity index (χ2v) is 6.33. The normalized spacial score (nSPS) is 10.3. The third-order valence-electron chi connectivity index (χ3n) is 3.98. The summed E-state index contributed by atoms with van der Waals surface area (Å²) in [6, 6.07) is 17.7. The molecule has 6 heteroatoms. The zero-order valence-electron chi connectivity index (χ0n) is 14.4. The fourth-order valence-corrected chi connectivity index (χ4v) is 2.64. The number of rotatable bonds is 4. The summed E-state index contributed by atoms with van der Waals surface area (Å²) in [5, 5.41) is 5.77. The molecule has 27 heavy (non-hydrogen) atoms. The first-order chi connectivity index (χ1) is 13.0. The Labute approximate surface area is 161 Å². The molecule has 3 rings (SSSR count). The maximum Gasteiger partial charge on any atom is 0.258 e. The molecule has 0 saturated heterocycles. The van der Waals surface area contributed by atoms with Crippen molar-refractivity contribution in [2.45, 2.75) is 6.92 Å². The van der Waals surface area contributed by atoms with Gasteiger partial charge in [0.25, 0.3) is 11.8 Å². The van der Waals surface area contributed by atoms with Gasteiger partial charge in [0.05, 0.1) is 11.1 Å². The summed E-state index contributed by atoms with van der Waals surface area (Å²) in [7, 11) is 0. The van der Waals surface area contributed by atoms with Gasteiger partial charge in [-0.1, -0.05) is 35.9 Å². The van der Waals surface area contributed by atoms with Gasteiger partial charge in [0.2, 0.25) is 0 Å². The van der Waals surface area contributed by atoms with E-state index in [4.69, 9.17) is 11.6 Å². The van der Waals surface area contributed by atoms with E-state index in [1.54, 1.807) is 36.4 Å².